The van der Waals surface area contributed by atoms with Gasteiger partial charge in [0.2, 0.25) is 5.91 Å². The highest BCUT2D eigenvalue weighted by Gasteiger charge is 2.36. The third-order valence-corrected chi connectivity index (χ3v) is 3.91. The zero-order valence-corrected chi connectivity index (χ0v) is 13.6. The summed E-state index contributed by atoms with van der Waals surface area (Å²) in [5, 5.41) is 3.14. The lowest BCUT2D eigenvalue weighted by atomic mass is 9.85. The first kappa shape index (κ1) is 17.6. The maximum Gasteiger partial charge on any atom is 0.242 e. The molecule has 3 N–H and O–H groups in total. The zero-order chi connectivity index (χ0) is 15.9. The molecule has 0 radical (unpaired) electrons. The number of nitrogens with two attached hydrogens (primary N) is 1. The molecule has 0 fully saturated rings. The maximum atomic E-state index is 12.1. The van der Waals surface area contributed by atoms with Gasteiger partial charge in [0, 0.05) is 19.6 Å². The van der Waals surface area contributed by atoms with E-state index in [4.69, 9.17) is 5.73 Å². The minimum absolute atomic E-state index is 0.336. The molecule has 1 atom stereocenters. The van der Waals surface area contributed by atoms with E-state index in [9.17, 15) is 4.79 Å². The van der Waals surface area contributed by atoms with Crippen molar-refractivity contribution in [3.8, 4) is 0 Å². The number of amides is 1. The first-order chi connectivity index (χ1) is 9.92. The number of hydrogen-bond acceptors (Lipinski definition) is 4. The molecular formula is C16H28N4O. The second-order valence-electron chi connectivity index (χ2n) is 5.74. The van der Waals surface area contributed by atoms with E-state index in [1.54, 1.807) is 7.05 Å². The van der Waals surface area contributed by atoms with Crippen LogP contribution in [0.1, 0.15) is 12.0 Å². The van der Waals surface area contributed by atoms with Crippen LogP contribution in [0.2, 0.25) is 0 Å². The van der Waals surface area contributed by atoms with Gasteiger partial charge in [-0.15, -0.1) is 0 Å². The van der Waals surface area contributed by atoms with Gasteiger partial charge in [-0.2, -0.15) is 0 Å². The van der Waals surface area contributed by atoms with Crippen LogP contribution < -0.4 is 11.1 Å². The summed E-state index contributed by atoms with van der Waals surface area (Å²) in [6.07, 6.45) is 0.646. The zero-order valence-electron chi connectivity index (χ0n) is 13.6. The van der Waals surface area contributed by atoms with Crippen molar-refractivity contribution in [2.24, 2.45) is 5.73 Å². The normalized spacial score (nSPS) is 14.4. The second-order valence-corrected chi connectivity index (χ2v) is 5.74. The van der Waals surface area contributed by atoms with E-state index in [-0.39, 0.29) is 5.91 Å². The van der Waals surface area contributed by atoms with E-state index in [0.29, 0.717) is 6.42 Å². The predicted octanol–water partition coefficient (Wildman–Crippen LogP) is 0.470. The second kappa shape index (κ2) is 8.12. The van der Waals surface area contributed by atoms with Crippen molar-refractivity contribution in [3.05, 3.63) is 35.9 Å². The number of carbonyl (C=O) groups excluding carboxylic acids is 1. The van der Waals surface area contributed by atoms with Gasteiger partial charge in [-0.25, -0.2) is 0 Å². The van der Waals surface area contributed by atoms with Crippen molar-refractivity contribution < 1.29 is 4.79 Å². The monoisotopic (exact) mass is 292 g/mol. The van der Waals surface area contributed by atoms with Crippen molar-refractivity contribution >= 4 is 5.91 Å². The van der Waals surface area contributed by atoms with Crippen molar-refractivity contribution in [1.29, 1.82) is 0 Å². The lowest BCUT2D eigenvalue weighted by Gasteiger charge is -2.32. The number of nitrogens with zero attached hydrogens (tertiary/aromatic N) is 2. The fourth-order valence-corrected chi connectivity index (χ4v) is 2.37. The largest absolute Gasteiger partial charge is 0.368 e. The summed E-state index contributed by atoms with van der Waals surface area (Å²) >= 11 is 0. The van der Waals surface area contributed by atoms with Crippen LogP contribution in [0.5, 0.6) is 0 Å². The number of benzene rings is 1. The molecule has 0 saturated heterocycles. The molecule has 0 aliphatic carbocycles. The molecule has 1 amide bonds. The molecule has 1 aromatic rings. The Kier molecular flexibility index (Phi) is 6.81. The highest BCUT2D eigenvalue weighted by molar-refractivity contribution is 5.86. The molecule has 118 valence electrons. The van der Waals surface area contributed by atoms with E-state index in [1.807, 2.05) is 30.3 Å². The summed E-state index contributed by atoms with van der Waals surface area (Å²) in [5.74, 6) is -0.336. The van der Waals surface area contributed by atoms with Crippen molar-refractivity contribution in [2.75, 3.05) is 47.8 Å². The topological polar surface area (TPSA) is 61.6 Å². The fraction of sp³-hybridized carbons (Fsp3) is 0.562. The van der Waals surface area contributed by atoms with Gasteiger partial charge in [0.05, 0.1) is 0 Å². The average molecular weight is 292 g/mol. The van der Waals surface area contributed by atoms with E-state index >= 15 is 0 Å². The lowest BCUT2D eigenvalue weighted by molar-refractivity contribution is -0.125. The number of primary amides is 1. The molecule has 0 aromatic heterocycles. The lowest BCUT2D eigenvalue weighted by Crippen LogP contribution is -2.52. The molecular weight excluding hydrogens is 264 g/mol. The summed E-state index contributed by atoms with van der Waals surface area (Å²) in [4.78, 5) is 16.4. The minimum Gasteiger partial charge on any atom is -0.368 e. The average Bonchev–Trinajstić information content (AvgIpc) is 2.47. The van der Waals surface area contributed by atoms with Gasteiger partial charge >= 0.3 is 0 Å². The quantitative estimate of drug-likeness (QED) is 0.694. The van der Waals surface area contributed by atoms with Crippen LogP contribution in [0.25, 0.3) is 0 Å². The Bertz CT molecular complexity index is 435. The number of nitrogens with one attached hydrogen (secondary N) is 1. The molecule has 0 spiro atoms. The molecule has 1 rings (SSSR count). The first-order valence-electron chi connectivity index (χ1n) is 7.30. The van der Waals surface area contributed by atoms with Crippen LogP contribution in [-0.4, -0.2) is 63.5 Å². The highest BCUT2D eigenvalue weighted by Crippen LogP contribution is 2.24. The smallest absolute Gasteiger partial charge is 0.242 e. The molecule has 5 heteroatoms. The predicted molar refractivity (Wildman–Crippen MR) is 87.0 cm³/mol. The van der Waals surface area contributed by atoms with Crippen molar-refractivity contribution in [1.82, 2.24) is 15.1 Å². The van der Waals surface area contributed by atoms with Crippen LogP contribution in [0.15, 0.2) is 30.3 Å². The van der Waals surface area contributed by atoms with Gasteiger partial charge in [0.1, 0.15) is 5.54 Å². The molecule has 1 aromatic carbocycles. The van der Waals surface area contributed by atoms with E-state index < -0.39 is 5.54 Å². The van der Waals surface area contributed by atoms with Gasteiger partial charge in [0.25, 0.3) is 0 Å². The Morgan fingerprint density at radius 1 is 1.14 bits per heavy atom. The molecule has 1 unspecified atom stereocenters. The van der Waals surface area contributed by atoms with Crippen LogP contribution in [0, 0.1) is 0 Å². The summed E-state index contributed by atoms with van der Waals surface area (Å²) in [6, 6.07) is 9.69. The molecule has 0 aliphatic heterocycles. The summed E-state index contributed by atoms with van der Waals surface area (Å²) < 4.78 is 0. The Balaban J connectivity index is 2.78. The van der Waals surface area contributed by atoms with E-state index in [0.717, 1.165) is 25.2 Å². The van der Waals surface area contributed by atoms with Crippen LogP contribution in [0.4, 0.5) is 0 Å². The molecule has 0 heterocycles. The molecule has 21 heavy (non-hydrogen) atoms. The number of carbonyl (C=O) groups is 1. The van der Waals surface area contributed by atoms with Gasteiger partial charge in [-0.05, 0) is 40.2 Å². The third-order valence-electron chi connectivity index (χ3n) is 3.91. The Labute approximate surface area is 128 Å². The SMILES string of the molecule is CNC(CCN(C)CCN(C)C)(C(N)=O)c1ccccc1. The number of rotatable bonds is 9. The minimum atomic E-state index is -0.812. The third kappa shape index (κ3) is 4.81. The molecule has 5 nitrogen and oxygen atoms in total. The molecule has 0 aliphatic rings. The van der Waals surface area contributed by atoms with Gasteiger partial charge < -0.3 is 20.9 Å². The van der Waals surface area contributed by atoms with E-state index in [1.165, 1.54) is 0 Å². The van der Waals surface area contributed by atoms with Crippen LogP contribution >= 0.6 is 0 Å². The van der Waals surface area contributed by atoms with E-state index in [2.05, 4.69) is 36.3 Å². The Morgan fingerprint density at radius 2 is 1.76 bits per heavy atom. The van der Waals surface area contributed by atoms with Gasteiger partial charge in [0.15, 0.2) is 0 Å². The Morgan fingerprint density at radius 3 is 2.24 bits per heavy atom. The summed E-state index contributed by atoms with van der Waals surface area (Å²) in [6.45, 7) is 2.75. The molecule has 0 saturated carbocycles. The van der Waals surface area contributed by atoms with Gasteiger partial charge in [-0.3, -0.25) is 4.79 Å². The number of hydrogen-bond donors (Lipinski definition) is 2. The highest BCUT2D eigenvalue weighted by atomic mass is 16.1. The standard InChI is InChI=1S/C16H28N4O/c1-18-16(15(17)21,14-8-6-5-7-9-14)10-11-20(4)13-12-19(2)3/h5-9,18H,10-13H2,1-4H3,(H2,17,21). The number of likely N-dealkylation sites (N-methyl/N-ethyl adjacent to an activating group) is 3. The van der Waals surface area contributed by atoms with Gasteiger partial charge in [-0.1, -0.05) is 30.3 Å². The Hall–Kier alpha value is -1.43. The summed E-state index contributed by atoms with van der Waals surface area (Å²) in [5.41, 5.74) is 5.80. The van der Waals surface area contributed by atoms with Crippen LogP contribution in [0.3, 0.4) is 0 Å². The fourth-order valence-electron chi connectivity index (χ4n) is 2.37. The molecule has 0 bridgehead atoms. The first-order valence-corrected chi connectivity index (χ1v) is 7.30. The maximum absolute atomic E-state index is 12.1. The van der Waals surface area contributed by atoms with Crippen molar-refractivity contribution in [2.45, 2.75) is 12.0 Å². The van der Waals surface area contributed by atoms with Crippen molar-refractivity contribution in [3.63, 3.8) is 0 Å². The summed E-state index contributed by atoms with van der Waals surface area (Å²) in [7, 11) is 7.96. The van der Waals surface area contributed by atoms with Crippen LogP contribution in [-0.2, 0) is 10.3 Å².